The quantitative estimate of drug-likeness (QED) is 0.754. The van der Waals surface area contributed by atoms with Gasteiger partial charge in [-0.25, -0.2) is 4.68 Å². The van der Waals surface area contributed by atoms with Crippen molar-refractivity contribution in [2.75, 3.05) is 11.2 Å². The Kier molecular flexibility index (Phi) is 3.70. The van der Waals surface area contributed by atoms with E-state index < -0.39 is 0 Å². The van der Waals surface area contributed by atoms with Crippen LogP contribution in [0.3, 0.4) is 0 Å². The van der Waals surface area contributed by atoms with Crippen molar-refractivity contribution in [3.63, 3.8) is 0 Å². The molecule has 17 heavy (non-hydrogen) atoms. The van der Waals surface area contributed by atoms with Crippen LogP contribution in [0.1, 0.15) is 12.8 Å². The Morgan fingerprint density at radius 1 is 1.47 bits per heavy atom. The van der Waals surface area contributed by atoms with E-state index in [1.54, 1.807) is 0 Å². The Bertz CT molecular complexity index is 482. The van der Waals surface area contributed by atoms with Crippen molar-refractivity contribution in [3.8, 4) is 0 Å². The van der Waals surface area contributed by atoms with Crippen molar-refractivity contribution >= 4 is 17.7 Å². The molecule has 8 nitrogen and oxygen atoms in total. The number of carbonyl (C=O) groups is 1. The second-order valence-corrected chi connectivity index (χ2v) is 3.93. The van der Waals surface area contributed by atoms with E-state index in [4.69, 9.17) is 4.42 Å². The molecule has 0 spiro atoms. The monoisotopic (exact) mass is 254 g/mol. The van der Waals surface area contributed by atoms with Gasteiger partial charge < -0.3 is 4.42 Å². The molecule has 0 radical (unpaired) electrons. The Morgan fingerprint density at radius 2 is 2.24 bits per heavy atom. The van der Waals surface area contributed by atoms with E-state index in [1.165, 1.54) is 29.1 Å². The molecule has 1 amide bonds. The van der Waals surface area contributed by atoms with Gasteiger partial charge >= 0.3 is 0 Å². The standard InChI is InChI=1S/C8H10N6O2S/c1-2-7-11-12-8(16-7)17-3-6(15)13-14-4-9-10-5-14/h4-5H,2-3H2,1H3,(H,13,15). The molecule has 90 valence electrons. The first-order chi connectivity index (χ1) is 8.28. The van der Waals surface area contributed by atoms with E-state index in [-0.39, 0.29) is 11.7 Å². The van der Waals surface area contributed by atoms with Crippen LogP contribution in [0.5, 0.6) is 0 Å². The van der Waals surface area contributed by atoms with Crippen molar-refractivity contribution < 1.29 is 9.21 Å². The SMILES string of the molecule is CCc1nnc(SCC(=O)Nn2cnnc2)o1. The summed E-state index contributed by atoms with van der Waals surface area (Å²) in [7, 11) is 0. The third-order valence-electron chi connectivity index (χ3n) is 1.75. The Balaban J connectivity index is 1.79. The molecular weight excluding hydrogens is 244 g/mol. The highest BCUT2D eigenvalue weighted by atomic mass is 32.2. The Labute approximate surface area is 101 Å². The maximum absolute atomic E-state index is 11.5. The first kappa shape index (κ1) is 11.6. The number of carbonyl (C=O) groups excluding carboxylic acids is 1. The Morgan fingerprint density at radius 3 is 2.88 bits per heavy atom. The van der Waals surface area contributed by atoms with Gasteiger partial charge in [-0.3, -0.25) is 10.2 Å². The van der Waals surface area contributed by atoms with Crippen LogP contribution in [-0.4, -0.2) is 36.7 Å². The Hall–Kier alpha value is -1.90. The van der Waals surface area contributed by atoms with Gasteiger partial charge in [0.05, 0.1) is 5.75 Å². The summed E-state index contributed by atoms with van der Waals surface area (Å²) in [6, 6.07) is 0. The number of nitrogens with one attached hydrogen (secondary N) is 1. The number of amides is 1. The van der Waals surface area contributed by atoms with Crippen LogP contribution < -0.4 is 5.43 Å². The number of thioether (sulfide) groups is 1. The van der Waals surface area contributed by atoms with E-state index in [0.717, 1.165) is 0 Å². The third-order valence-corrected chi connectivity index (χ3v) is 2.57. The van der Waals surface area contributed by atoms with Gasteiger partial charge in [0.2, 0.25) is 11.8 Å². The summed E-state index contributed by atoms with van der Waals surface area (Å²) in [6.07, 6.45) is 3.47. The van der Waals surface area contributed by atoms with Crippen LogP contribution in [-0.2, 0) is 11.2 Å². The van der Waals surface area contributed by atoms with Crippen LogP contribution in [0, 0.1) is 0 Å². The van der Waals surface area contributed by atoms with E-state index in [0.29, 0.717) is 17.5 Å². The third kappa shape index (κ3) is 3.28. The van der Waals surface area contributed by atoms with E-state index >= 15 is 0 Å². The first-order valence-corrected chi connectivity index (χ1v) is 5.86. The molecule has 1 N–H and O–H groups in total. The molecule has 0 aromatic carbocycles. The van der Waals surface area contributed by atoms with Crippen LogP contribution >= 0.6 is 11.8 Å². The molecule has 0 fully saturated rings. The molecular formula is C8H10N6O2S. The van der Waals surface area contributed by atoms with Crippen molar-refractivity contribution in [3.05, 3.63) is 18.5 Å². The molecule has 2 aromatic heterocycles. The van der Waals surface area contributed by atoms with Crippen molar-refractivity contribution in [2.24, 2.45) is 0 Å². The summed E-state index contributed by atoms with van der Waals surface area (Å²) in [4.78, 5) is 11.5. The molecule has 0 aliphatic heterocycles. The largest absolute Gasteiger partial charge is 0.416 e. The maximum Gasteiger partial charge on any atom is 0.277 e. The highest BCUT2D eigenvalue weighted by molar-refractivity contribution is 7.99. The molecule has 0 saturated carbocycles. The van der Waals surface area contributed by atoms with Crippen LogP contribution in [0.25, 0.3) is 0 Å². The smallest absolute Gasteiger partial charge is 0.277 e. The highest BCUT2D eigenvalue weighted by Crippen LogP contribution is 2.15. The molecule has 2 rings (SSSR count). The number of nitrogens with zero attached hydrogens (tertiary/aromatic N) is 5. The number of hydrogen-bond donors (Lipinski definition) is 1. The van der Waals surface area contributed by atoms with E-state index in [1.807, 2.05) is 6.92 Å². The minimum atomic E-state index is -0.203. The van der Waals surface area contributed by atoms with Gasteiger partial charge in [0, 0.05) is 6.42 Å². The van der Waals surface area contributed by atoms with E-state index in [9.17, 15) is 4.79 Å². The molecule has 0 atom stereocenters. The van der Waals surface area contributed by atoms with Gasteiger partial charge in [-0.1, -0.05) is 18.7 Å². The van der Waals surface area contributed by atoms with Gasteiger partial charge in [0.1, 0.15) is 12.7 Å². The second kappa shape index (κ2) is 5.43. The van der Waals surface area contributed by atoms with Gasteiger partial charge in [-0.2, -0.15) is 0 Å². The van der Waals surface area contributed by atoms with Gasteiger partial charge in [-0.15, -0.1) is 20.4 Å². The lowest BCUT2D eigenvalue weighted by atomic mass is 10.5. The predicted octanol–water partition coefficient (Wildman–Crippen LogP) is 0.0859. The topological polar surface area (TPSA) is 98.7 Å². The molecule has 0 bridgehead atoms. The summed E-state index contributed by atoms with van der Waals surface area (Å²) in [5.74, 6) is 0.543. The minimum Gasteiger partial charge on any atom is -0.416 e. The fraction of sp³-hybridized carbons (Fsp3) is 0.375. The average molecular weight is 254 g/mol. The zero-order valence-corrected chi connectivity index (χ0v) is 9.85. The molecule has 0 unspecified atom stereocenters. The maximum atomic E-state index is 11.5. The van der Waals surface area contributed by atoms with E-state index in [2.05, 4.69) is 25.8 Å². The zero-order valence-electron chi connectivity index (χ0n) is 9.03. The van der Waals surface area contributed by atoms with Gasteiger partial charge in [0.15, 0.2) is 0 Å². The fourth-order valence-corrected chi connectivity index (χ4v) is 1.57. The van der Waals surface area contributed by atoms with Crippen molar-refractivity contribution in [1.82, 2.24) is 25.1 Å². The molecule has 2 heterocycles. The number of aromatic nitrogens is 5. The highest BCUT2D eigenvalue weighted by Gasteiger charge is 2.08. The van der Waals surface area contributed by atoms with Crippen LogP contribution in [0.2, 0.25) is 0 Å². The average Bonchev–Trinajstić information content (AvgIpc) is 2.96. The molecule has 2 aromatic rings. The predicted molar refractivity (Wildman–Crippen MR) is 58.8 cm³/mol. The molecule has 0 aliphatic carbocycles. The lowest BCUT2D eigenvalue weighted by Crippen LogP contribution is -2.23. The van der Waals surface area contributed by atoms with Gasteiger partial charge in [-0.05, 0) is 0 Å². The normalized spacial score (nSPS) is 10.4. The number of hydrogen-bond acceptors (Lipinski definition) is 7. The lowest BCUT2D eigenvalue weighted by molar-refractivity contribution is -0.114. The van der Waals surface area contributed by atoms with Crippen molar-refractivity contribution in [1.29, 1.82) is 0 Å². The summed E-state index contributed by atoms with van der Waals surface area (Å²) >= 11 is 1.18. The lowest BCUT2D eigenvalue weighted by Gasteiger charge is -2.01. The fourth-order valence-electron chi connectivity index (χ4n) is 1.00. The molecule has 0 saturated heterocycles. The summed E-state index contributed by atoms with van der Waals surface area (Å²) in [5, 5.41) is 15.1. The number of aryl methyl sites for hydroxylation is 1. The first-order valence-electron chi connectivity index (χ1n) is 4.87. The second-order valence-electron chi connectivity index (χ2n) is 3.01. The minimum absolute atomic E-state index is 0.184. The molecule has 9 heteroatoms. The number of rotatable bonds is 5. The van der Waals surface area contributed by atoms with Gasteiger partial charge in [0.25, 0.3) is 5.22 Å². The van der Waals surface area contributed by atoms with Crippen molar-refractivity contribution in [2.45, 2.75) is 18.6 Å². The summed E-state index contributed by atoms with van der Waals surface area (Å²) in [5.41, 5.74) is 2.55. The molecule has 0 aliphatic rings. The summed E-state index contributed by atoms with van der Waals surface area (Å²) < 4.78 is 6.62. The summed E-state index contributed by atoms with van der Waals surface area (Å²) in [6.45, 7) is 1.92. The van der Waals surface area contributed by atoms with Crippen LogP contribution in [0.15, 0.2) is 22.3 Å². The van der Waals surface area contributed by atoms with Crippen LogP contribution in [0.4, 0.5) is 0 Å². The zero-order chi connectivity index (χ0) is 12.1.